The maximum absolute atomic E-state index is 12.5. The fourth-order valence-electron chi connectivity index (χ4n) is 2.27. The van der Waals surface area contributed by atoms with Crippen LogP contribution in [0.5, 0.6) is 0 Å². The number of hydrogen-bond donors (Lipinski definition) is 1. The SMILES string of the molecule is O=c1oc2cc(Cl)ccc2cc1S(=O)(=O)N1CCNCC1. The lowest BCUT2D eigenvalue weighted by molar-refractivity contribution is 0.358. The second-order valence-corrected chi connectivity index (χ2v) is 7.08. The van der Waals surface area contributed by atoms with Crippen LogP contribution in [0.25, 0.3) is 11.0 Å². The number of piperazine rings is 1. The highest BCUT2D eigenvalue weighted by Crippen LogP contribution is 2.21. The minimum Gasteiger partial charge on any atom is -0.422 e. The molecule has 0 unspecified atom stereocenters. The third kappa shape index (κ3) is 2.69. The minimum absolute atomic E-state index is 0.270. The highest BCUT2D eigenvalue weighted by molar-refractivity contribution is 7.89. The molecular weight excluding hydrogens is 316 g/mol. The summed E-state index contributed by atoms with van der Waals surface area (Å²) in [5.41, 5.74) is -0.602. The van der Waals surface area contributed by atoms with Crippen molar-refractivity contribution < 1.29 is 12.8 Å². The fourth-order valence-corrected chi connectivity index (χ4v) is 3.90. The summed E-state index contributed by atoms with van der Waals surface area (Å²) in [6, 6.07) is 6.07. The molecule has 0 atom stereocenters. The summed E-state index contributed by atoms with van der Waals surface area (Å²) in [6.07, 6.45) is 0. The predicted molar refractivity (Wildman–Crippen MR) is 79.1 cm³/mol. The second-order valence-electron chi connectivity index (χ2n) is 4.73. The van der Waals surface area contributed by atoms with Crippen molar-refractivity contribution in [2.75, 3.05) is 26.2 Å². The van der Waals surface area contributed by atoms with E-state index in [1.54, 1.807) is 12.1 Å². The summed E-state index contributed by atoms with van der Waals surface area (Å²) in [5.74, 6) is 0. The van der Waals surface area contributed by atoms with Crippen molar-refractivity contribution in [3.05, 3.63) is 39.7 Å². The molecule has 0 bridgehead atoms. The number of nitrogens with one attached hydrogen (secondary N) is 1. The van der Waals surface area contributed by atoms with Gasteiger partial charge in [0, 0.05) is 42.7 Å². The quantitative estimate of drug-likeness (QED) is 0.833. The summed E-state index contributed by atoms with van der Waals surface area (Å²) in [7, 11) is -3.84. The van der Waals surface area contributed by atoms with Crippen molar-refractivity contribution in [1.29, 1.82) is 0 Å². The molecule has 1 aromatic heterocycles. The lowest BCUT2D eigenvalue weighted by Gasteiger charge is -2.26. The Morgan fingerprint density at radius 2 is 1.90 bits per heavy atom. The number of fused-ring (bicyclic) bond motifs is 1. The average molecular weight is 329 g/mol. The first-order valence-electron chi connectivity index (χ1n) is 6.43. The van der Waals surface area contributed by atoms with E-state index in [9.17, 15) is 13.2 Å². The van der Waals surface area contributed by atoms with E-state index in [0.29, 0.717) is 36.6 Å². The Morgan fingerprint density at radius 3 is 2.62 bits per heavy atom. The predicted octanol–water partition coefficient (Wildman–Crippen LogP) is 1.04. The Kier molecular flexibility index (Phi) is 3.75. The molecule has 3 rings (SSSR count). The van der Waals surface area contributed by atoms with Crippen LogP contribution in [-0.4, -0.2) is 38.9 Å². The van der Waals surface area contributed by atoms with Gasteiger partial charge < -0.3 is 9.73 Å². The Hall–Kier alpha value is -1.41. The van der Waals surface area contributed by atoms with E-state index in [1.165, 1.54) is 16.4 Å². The van der Waals surface area contributed by atoms with Crippen molar-refractivity contribution in [2.45, 2.75) is 4.90 Å². The Morgan fingerprint density at radius 1 is 1.19 bits per heavy atom. The van der Waals surface area contributed by atoms with Crippen LogP contribution in [0.1, 0.15) is 0 Å². The molecular formula is C13H13ClN2O4S. The fraction of sp³-hybridized carbons (Fsp3) is 0.308. The van der Waals surface area contributed by atoms with Gasteiger partial charge in [0.2, 0.25) is 10.0 Å². The third-order valence-corrected chi connectivity index (χ3v) is 5.48. The monoisotopic (exact) mass is 328 g/mol. The molecule has 21 heavy (non-hydrogen) atoms. The molecule has 6 nitrogen and oxygen atoms in total. The summed E-state index contributed by atoms with van der Waals surface area (Å²) in [4.78, 5) is 11.7. The summed E-state index contributed by atoms with van der Waals surface area (Å²) < 4.78 is 31.4. The normalized spacial score (nSPS) is 17.2. The molecule has 0 radical (unpaired) electrons. The highest BCUT2D eigenvalue weighted by atomic mass is 35.5. The van der Waals surface area contributed by atoms with Crippen LogP contribution in [0.15, 0.2) is 38.4 Å². The van der Waals surface area contributed by atoms with Crippen molar-refractivity contribution in [1.82, 2.24) is 9.62 Å². The second kappa shape index (κ2) is 5.42. The molecule has 8 heteroatoms. The zero-order chi connectivity index (χ0) is 15.0. The molecule has 0 amide bonds. The van der Waals surface area contributed by atoms with Gasteiger partial charge in [0.05, 0.1) is 0 Å². The zero-order valence-electron chi connectivity index (χ0n) is 11.0. The number of hydrogen-bond acceptors (Lipinski definition) is 5. The van der Waals surface area contributed by atoms with E-state index in [-0.39, 0.29) is 10.5 Å². The summed E-state index contributed by atoms with van der Waals surface area (Å²) in [6.45, 7) is 1.79. The molecule has 112 valence electrons. The third-order valence-electron chi connectivity index (χ3n) is 3.36. The summed E-state index contributed by atoms with van der Waals surface area (Å²) >= 11 is 5.83. The average Bonchev–Trinajstić information content (AvgIpc) is 2.47. The van der Waals surface area contributed by atoms with Crippen LogP contribution >= 0.6 is 11.6 Å². The molecule has 0 aliphatic carbocycles. The van der Waals surface area contributed by atoms with Crippen molar-refractivity contribution in [3.63, 3.8) is 0 Å². The van der Waals surface area contributed by atoms with E-state index < -0.39 is 15.6 Å². The van der Waals surface area contributed by atoms with Crippen LogP contribution in [-0.2, 0) is 10.0 Å². The Labute approximate surface area is 126 Å². The van der Waals surface area contributed by atoms with Gasteiger partial charge in [-0.3, -0.25) is 0 Å². The maximum Gasteiger partial charge on any atom is 0.356 e. The first kappa shape index (κ1) is 14.5. The van der Waals surface area contributed by atoms with E-state index in [2.05, 4.69) is 5.32 Å². The van der Waals surface area contributed by atoms with E-state index in [4.69, 9.17) is 16.0 Å². The van der Waals surface area contributed by atoms with Gasteiger partial charge in [0.25, 0.3) is 0 Å². The molecule has 1 aliphatic heterocycles. The molecule has 1 fully saturated rings. The van der Waals surface area contributed by atoms with Gasteiger partial charge in [-0.2, -0.15) is 4.31 Å². The highest BCUT2D eigenvalue weighted by Gasteiger charge is 2.29. The largest absolute Gasteiger partial charge is 0.422 e. The number of benzene rings is 1. The Balaban J connectivity index is 2.13. The standard InChI is InChI=1S/C13H13ClN2O4S/c14-10-2-1-9-7-12(13(17)20-11(9)8-10)21(18,19)16-5-3-15-4-6-16/h1-2,7-8,15H,3-6H2. The van der Waals surface area contributed by atoms with E-state index in [1.807, 2.05) is 0 Å². The van der Waals surface area contributed by atoms with Gasteiger partial charge in [-0.25, -0.2) is 13.2 Å². The lowest BCUT2D eigenvalue weighted by Crippen LogP contribution is -2.47. The summed E-state index contributed by atoms with van der Waals surface area (Å²) in [5, 5.41) is 4.01. The number of rotatable bonds is 2. The molecule has 0 saturated carbocycles. The smallest absolute Gasteiger partial charge is 0.356 e. The maximum atomic E-state index is 12.5. The van der Waals surface area contributed by atoms with Gasteiger partial charge in [-0.05, 0) is 18.2 Å². The van der Waals surface area contributed by atoms with Crippen molar-refractivity contribution >= 4 is 32.6 Å². The first-order valence-corrected chi connectivity index (χ1v) is 8.24. The van der Waals surface area contributed by atoms with Crippen LogP contribution in [0, 0.1) is 0 Å². The van der Waals surface area contributed by atoms with E-state index in [0.717, 1.165) is 0 Å². The number of halogens is 1. The number of sulfonamides is 1. The number of nitrogens with zero attached hydrogens (tertiary/aromatic N) is 1. The zero-order valence-corrected chi connectivity index (χ0v) is 12.6. The van der Waals surface area contributed by atoms with Crippen LogP contribution in [0.4, 0.5) is 0 Å². The van der Waals surface area contributed by atoms with Gasteiger partial charge in [-0.1, -0.05) is 11.6 Å². The van der Waals surface area contributed by atoms with Crippen LogP contribution in [0.2, 0.25) is 5.02 Å². The Bertz CT molecular complexity index is 841. The van der Waals surface area contributed by atoms with Gasteiger partial charge >= 0.3 is 5.63 Å². The molecule has 2 aromatic rings. The topological polar surface area (TPSA) is 79.6 Å². The minimum atomic E-state index is -3.84. The molecule has 1 aliphatic rings. The van der Waals surface area contributed by atoms with Crippen LogP contribution < -0.4 is 10.9 Å². The molecule has 0 spiro atoms. The van der Waals surface area contributed by atoms with Gasteiger partial charge in [0.15, 0.2) is 4.90 Å². The molecule has 1 saturated heterocycles. The van der Waals surface area contributed by atoms with Crippen molar-refractivity contribution in [3.8, 4) is 0 Å². The molecule has 1 aromatic carbocycles. The first-order chi connectivity index (χ1) is 9.98. The van der Waals surface area contributed by atoms with E-state index >= 15 is 0 Å². The molecule has 1 N–H and O–H groups in total. The lowest BCUT2D eigenvalue weighted by atomic mass is 10.2. The van der Waals surface area contributed by atoms with Gasteiger partial charge in [-0.15, -0.1) is 0 Å². The van der Waals surface area contributed by atoms with Crippen molar-refractivity contribution in [2.24, 2.45) is 0 Å². The van der Waals surface area contributed by atoms with Gasteiger partial charge in [0.1, 0.15) is 5.58 Å². The molecule has 2 heterocycles. The van der Waals surface area contributed by atoms with Crippen LogP contribution in [0.3, 0.4) is 0 Å².